The predicted molar refractivity (Wildman–Crippen MR) is 87.8 cm³/mol. The first kappa shape index (κ1) is 17.7. The maximum Gasteiger partial charge on any atom is 0.240 e. The van der Waals surface area contributed by atoms with E-state index in [2.05, 4.69) is 27.6 Å². The van der Waals surface area contributed by atoms with Gasteiger partial charge in [0.1, 0.15) is 0 Å². The molecule has 1 aromatic rings. The van der Waals surface area contributed by atoms with Crippen LogP contribution in [0.5, 0.6) is 0 Å². The van der Waals surface area contributed by atoms with Crippen molar-refractivity contribution >= 4 is 26.0 Å². The van der Waals surface area contributed by atoms with E-state index < -0.39 is 10.0 Å². The number of nitrogens with one attached hydrogen (secondary N) is 1. The average molecular weight is 362 g/mol. The van der Waals surface area contributed by atoms with E-state index in [4.69, 9.17) is 0 Å². The molecule has 0 spiro atoms. The number of alkyl halides is 1. The van der Waals surface area contributed by atoms with Crippen LogP contribution in [0.4, 0.5) is 0 Å². The first-order valence-electron chi connectivity index (χ1n) is 7.16. The lowest BCUT2D eigenvalue weighted by atomic mass is 10.1. The fraction of sp³-hybridized carbons (Fsp3) is 0.600. The molecule has 0 bridgehead atoms. The second-order valence-electron chi connectivity index (χ2n) is 5.11. The van der Waals surface area contributed by atoms with Crippen molar-refractivity contribution in [3.8, 4) is 0 Å². The normalized spacial score (nSPS) is 13.3. The molecule has 1 N–H and O–H groups in total. The molecule has 0 radical (unpaired) electrons. The summed E-state index contributed by atoms with van der Waals surface area (Å²) >= 11 is 3.54. The minimum atomic E-state index is -3.39. The predicted octanol–water partition coefficient (Wildman–Crippen LogP) is 4.01. The summed E-state index contributed by atoms with van der Waals surface area (Å²) in [4.78, 5) is 0.522. The highest BCUT2D eigenvalue weighted by Gasteiger charge is 2.15. The number of hydrogen-bond donors (Lipinski definition) is 1. The molecule has 0 aliphatic carbocycles. The lowest BCUT2D eigenvalue weighted by Gasteiger charge is -2.11. The highest BCUT2D eigenvalue weighted by Crippen LogP contribution is 2.14. The first-order valence-corrected chi connectivity index (χ1v) is 9.56. The Bertz CT molecular complexity index is 485. The smallest absolute Gasteiger partial charge is 0.210 e. The van der Waals surface area contributed by atoms with Crippen molar-refractivity contribution in [3.05, 3.63) is 29.8 Å². The van der Waals surface area contributed by atoms with Gasteiger partial charge in [0.2, 0.25) is 10.0 Å². The molecule has 0 heterocycles. The van der Waals surface area contributed by atoms with Gasteiger partial charge < -0.3 is 0 Å². The van der Waals surface area contributed by atoms with Gasteiger partial charge in [0.05, 0.1) is 4.90 Å². The molecule has 1 aromatic carbocycles. The zero-order valence-corrected chi connectivity index (χ0v) is 14.6. The summed E-state index contributed by atoms with van der Waals surface area (Å²) < 4.78 is 26.8. The summed E-state index contributed by atoms with van der Waals surface area (Å²) in [7, 11) is -3.39. The summed E-state index contributed by atoms with van der Waals surface area (Å²) in [6.07, 6.45) is 5.80. The number of rotatable bonds is 9. The van der Waals surface area contributed by atoms with Crippen molar-refractivity contribution in [2.24, 2.45) is 0 Å². The number of hydrogen-bond acceptors (Lipinski definition) is 2. The second kappa shape index (κ2) is 8.80. The van der Waals surface area contributed by atoms with E-state index in [0.29, 0.717) is 11.4 Å². The van der Waals surface area contributed by atoms with Gasteiger partial charge in [0.25, 0.3) is 0 Å². The lowest BCUT2D eigenvalue weighted by molar-refractivity contribution is 0.572. The number of sulfonamides is 1. The molecule has 0 aliphatic heterocycles. The highest BCUT2D eigenvalue weighted by molar-refractivity contribution is 9.09. The van der Waals surface area contributed by atoms with Gasteiger partial charge >= 0.3 is 0 Å². The van der Waals surface area contributed by atoms with Crippen LogP contribution in [-0.4, -0.2) is 19.8 Å². The van der Waals surface area contributed by atoms with Crippen LogP contribution in [0.15, 0.2) is 29.2 Å². The van der Waals surface area contributed by atoms with E-state index in [9.17, 15) is 8.42 Å². The molecule has 1 unspecified atom stereocenters. The highest BCUT2D eigenvalue weighted by atomic mass is 79.9. The van der Waals surface area contributed by atoms with Crippen LogP contribution in [-0.2, 0) is 10.0 Å². The molecule has 114 valence electrons. The number of unbranched alkanes of at least 4 members (excludes halogenated alkanes) is 3. The van der Waals surface area contributed by atoms with Gasteiger partial charge in [0, 0.05) is 11.4 Å². The average Bonchev–Trinajstić information content (AvgIpc) is 2.42. The first-order chi connectivity index (χ1) is 9.45. The molecular weight excluding hydrogens is 338 g/mol. The van der Waals surface area contributed by atoms with Crippen LogP contribution in [0.2, 0.25) is 0 Å². The van der Waals surface area contributed by atoms with Crippen LogP contribution in [0.25, 0.3) is 0 Å². The molecule has 20 heavy (non-hydrogen) atoms. The molecule has 1 atom stereocenters. The van der Waals surface area contributed by atoms with Crippen molar-refractivity contribution in [1.29, 1.82) is 0 Å². The Kier molecular flexibility index (Phi) is 7.77. The Morgan fingerprint density at radius 2 is 1.80 bits per heavy atom. The SMILES string of the molecule is CCCCCCC(Br)CNS(=O)(=O)c1ccc(C)cc1. The van der Waals surface area contributed by atoms with Gasteiger partial charge in [-0.25, -0.2) is 13.1 Å². The van der Waals surface area contributed by atoms with Crippen molar-refractivity contribution in [1.82, 2.24) is 4.72 Å². The van der Waals surface area contributed by atoms with E-state index in [0.717, 1.165) is 18.4 Å². The van der Waals surface area contributed by atoms with E-state index >= 15 is 0 Å². The van der Waals surface area contributed by atoms with Crippen LogP contribution in [0.3, 0.4) is 0 Å². The monoisotopic (exact) mass is 361 g/mol. The minimum absolute atomic E-state index is 0.194. The van der Waals surface area contributed by atoms with Crippen molar-refractivity contribution < 1.29 is 8.42 Å². The molecule has 0 aliphatic rings. The van der Waals surface area contributed by atoms with Crippen LogP contribution >= 0.6 is 15.9 Å². The molecule has 1 rings (SSSR count). The Labute approximate surface area is 131 Å². The van der Waals surface area contributed by atoms with E-state index in [1.165, 1.54) is 19.3 Å². The molecule has 0 aromatic heterocycles. The molecular formula is C15H24BrNO2S. The molecule has 0 saturated carbocycles. The molecule has 0 saturated heterocycles. The van der Waals surface area contributed by atoms with E-state index in [-0.39, 0.29) is 4.83 Å². The fourth-order valence-electron chi connectivity index (χ4n) is 1.90. The second-order valence-corrected chi connectivity index (χ2v) is 8.17. The van der Waals surface area contributed by atoms with Crippen molar-refractivity contribution in [2.45, 2.75) is 55.7 Å². The quantitative estimate of drug-likeness (QED) is 0.533. The van der Waals surface area contributed by atoms with Gasteiger partial charge in [-0.15, -0.1) is 0 Å². The van der Waals surface area contributed by atoms with Crippen LogP contribution < -0.4 is 4.72 Å². The molecule has 0 fully saturated rings. The maximum absolute atomic E-state index is 12.1. The molecule has 3 nitrogen and oxygen atoms in total. The lowest BCUT2D eigenvalue weighted by Crippen LogP contribution is -2.29. The minimum Gasteiger partial charge on any atom is -0.210 e. The van der Waals surface area contributed by atoms with Gasteiger partial charge in [0.15, 0.2) is 0 Å². The van der Waals surface area contributed by atoms with E-state index in [1.807, 2.05) is 19.1 Å². The van der Waals surface area contributed by atoms with Crippen LogP contribution in [0.1, 0.15) is 44.6 Å². The van der Waals surface area contributed by atoms with Gasteiger partial charge in [-0.2, -0.15) is 0 Å². The number of benzene rings is 1. The summed E-state index contributed by atoms with van der Waals surface area (Å²) in [5, 5.41) is 0. The topological polar surface area (TPSA) is 46.2 Å². The number of halogens is 1. The Morgan fingerprint density at radius 3 is 2.40 bits per heavy atom. The zero-order chi connectivity index (χ0) is 15.0. The third-order valence-corrected chi connectivity index (χ3v) is 5.42. The molecule has 0 amide bonds. The van der Waals surface area contributed by atoms with Gasteiger partial charge in [-0.1, -0.05) is 66.2 Å². The standard InChI is InChI=1S/C15H24BrNO2S/c1-3-4-5-6-7-14(16)12-17-20(18,19)15-10-8-13(2)9-11-15/h8-11,14,17H,3-7,12H2,1-2H3. The fourth-order valence-corrected chi connectivity index (χ4v) is 3.68. The van der Waals surface area contributed by atoms with Crippen LogP contribution in [0, 0.1) is 6.92 Å². The third kappa shape index (κ3) is 6.37. The Balaban J connectivity index is 2.41. The Morgan fingerprint density at radius 1 is 1.15 bits per heavy atom. The van der Waals surface area contributed by atoms with Crippen molar-refractivity contribution in [3.63, 3.8) is 0 Å². The summed E-state index contributed by atoms with van der Waals surface area (Å²) in [6.45, 7) is 4.55. The zero-order valence-electron chi connectivity index (χ0n) is 12.2. The van der Waals surface area contributed by atoms with E-state index in [1.54, 1.807) is 12.1 Å². The van der Waals surface area contributed by atoms with Gasteiger partial charge in [-0.3, -0.25) is 0 Å². The molecule has 5 heteroatoms. The summed E-state index contributed by atoms with van der Waals surface area (Å²) in [6, 6.07) is 6.90. The largest absolute Gasteiger partial charge is 0.240 e. The van der Waals surface area contributed by atoms with Crippen molar-refractivity contribution in [2.75, 3.05) is 6.54 Å². The van der Waals surface area contributed by atoms with Gasteiger partial charge in [-0.05, 0) is 25.5 Å². The number of aryl methyl sites for hydroxylation is 1. The maximum atomic E-state index is 12.1. The third-order valence-electron chi connectivity index (χ3n) is 3.20. The Hall–Kier alpha value is -0.390. The summed E-state index contributed by atoms with van der Waals surface area (Å²) in [5.74, 6) is 0. The summed E-state index contributed by atoms with van der Waals surface area (Å²) in [5.41, 5.74) is 1.05.